The lowest BCUT2D eigenvalue weighted by molar-refractivity contribution is 0.275. The molecule has 90 valence electrons. The van der Waals surface area contributed by atoms with Crippen molar-refractivity contribution < 1.29 is 0 Å². The maximum atomic E-state index is 5.64. The highest BCUT2D eigenvalue weighted by Crippen LogP contribution is 2.09. The molecule has 0 aromatic heterocycles. The van der Waals surface area contributed by atoms with Crippen LogP contribution in [0.1, 0.15) is 31.4 Å². The van der Waals surface area contributed by atoms with Crippen LogP contribution >= 0.6 is 0 Å². The number of nitrogens with zero attached hydrogens (tertiary/aromatic N) is 1. The van der Waals surface area contributed by atoms with Gasteiger partial charge in [-0.25, -0.2) is 0 Å². The highest BCUT2D eigenvalue weighted by molar-refractivity contribution is 5.23. The van der Waals surface area contributed by atoms with E-state index in [1.165, 1.54) is 17.5 Å². The summed E-state index contributed by atoms with van der Waals surface area (Å²) in [6.07, 6.45) is 1.24. The van der Waals surface area contributed by atoms with Gasteiger partial charge in [0.2, 0.25) is 0 Å². The fourth-order valence-electron chi connectivity index (χ4n) is 1.89. The fourth-order valence-corrected chi connectivity index (χ4v) is 1.89. The van der Waals surface area contributed by atoms with Gasteiger partial charge in [-0.2, -0.15) is 0 Å². The van der Waals surface area contributed by atoms with Crippen LogP contribution in [0.25, 0.3) is 0 Å². The Morgan fingerprint density at radius 3 is 2.62 bits per heavy atom. The van der Waals surface area contributed by atoms with Crippen molar-refractivity contribution in [2.24, 2.45) is 11.7 Å². The van der Waals surface area contributed by atoms with Gasteiger partial charge in [-0.3, -0.25) is 0 Å². The summed E-state index contributed by atoms with van der Waals surface area (Å²) in [5.41, 5.74) is 8.21. The molecule has 0 bridgehead atoms. The summed E-state index contributed by atoms with van der Waals surface area (Å²) in [4.78, 5) is 2.38. The van der Waals surface area contributed by atoms with Crippen molar-refractivity contribution in [3.63, 3.8) is 0 Å². The Morgan fingerprint density at radius 2 is 2.00 bits per heavy atom. The van der Waals surface area contributed by atoms with E-state index in [-0.39, 0.29) is 0 Å². The smallest absolute Gasteiger partial charge is 0.0230 e. The molecule has 2 heteroatoms. The Labute approximate surface area is 99.5 Å². The Balaban J connectivity index is 2.51. The maximum absolute atomic E-state index is 5.64. The highest BCUT2D eigenvalue weighted by Gasteiger charge is 2.05. The monoisotopic (exact) mass is 220 g/mol. The normalized spacial score (nSPS) is 13.1. The third kappa shape index (κ3) is 4.33. The second-order valence-electron chi connectivity index (χ2n) is 4.73. The van der Waals surface area contributed by atoms with E-state index in [1.807, 2.05) is 0 Å². The van der Waals surface area contributed by atoms with Crippen LogP contribution in [0, 0.1) is 5.92 Å². The van der Waals surface area contributed by atoms with Crippen molar-refractivity contribution >= 4 is 0 Å². The van der Waals surface area contributed by atoms with Gasteiger partial charge >= 0.3 is 0 Å². The van der Waals surface area contributed by atoms with Crippen LogP contribution in [0.15, 0.2) is 24.3 Å². The molecule has 0 amide bonds. The molecule has 1 unspecified atom stereocenters. The first-order valence-electron chi connectivity index (χ1n) is 6.12. The standard InChI is InChI=1S/C14H24N2/c1-4-12(2)10-16(3)11-14-7-5-6-13(8-14)9-15/h5-8,12H,4,9-11,15H2,1-3H3. The molecule has 0 spiro atoms. The summed E-state index contributed by atoms with van der Waals surface area (Å²) in [5.74, 6) is 0.766. The number of hydrogen-bond acceptors (Lipinski definition) is 2. The predicted molar refractivity (Wildman–Crippen MR) is 70.1 cm³/mol. The van der Waals surface area contributed by atoms with Crippen LogP contribution in [0.2, 0.25) is 0 Å². The van der Waals surface area contributed by atoms with Gasteiger partial charge in [0.1, 0.15) is 0 Å². The van der Waals surface area contributed by atoms with E-state index in [0.717, 1.165) is 19.0 Å². The largest absolute Gasteiger partial charge is 0.326 e. The lowest BCUT2D eigenvalue weighted by Gasteiger charge is -2.20. The number of nitrogens with two attached hydrogens (primary N) is 1. The van der Waals surface area contributed by atoms with Gasteiger partial charge < -0.3 is 10.6 Å². The Kier molecular flexibility index (Phi) is 5.50. The van der Waals surface area contributed by atoms with Crippen molar-refractivity contribution in [3.05, 3.63) is 35.4 Å². The third-order valence-corrected chi connectivity index (χ3v) is 3.00. The quantitative estimate of drug-likeness (QED) is 0.798. The summed E-state index contributed by atoms with van der Waals surface area (Å²) in [6.45, 7) is 7.34. The molecule has 0 radical (unpaired) electrons. The van der Waals surface area contributed by atoms with E-state index in [1.54, 1.807) is 0 Å². The molecule has 16 heavy (non-hydrogen) atoms. The minimum atomic E-state index is 0.628. The van der Waals surface area contributed by atoms with Crippen molar-refractivity contribution in [3.8, 4) is 0 Å². The zero-order chi connectivity index (χ0) is 12.0. The lowest BCUT2D eigenvalue weighted by Crippen LogP contribution is -2.23. The molecule has 1 rings (SSSR count). The van der Waals surface area contributed by atoms with E-state index in [9.17, 15) is 0 Å². The van der Waals surface area contributed by atoms with Gasteiger partial charge in [-0.15, -0.1) is 0 Å². The summed E-state index contributed by atoms with van der Waals surface area (Å²) in [7, 11) is 2.18. The third-order valence-electron chi connectivity index (χ3n) is 3.00. The van der Waals surface area contributed by atoms with Crippen LogP contribution in [-0.2, 0) is 13.1 Å². The summed E-state index contributed by atoms with van der Waals surface area (Å²) in [6, 6.07) is 8.55. The molecule has 0 aliphatic rings. The first kappa shape index (κ1) is 13.2. The zero-order valence-electron chi connectivity index (χ0n) is 10.7. The minimum Gasteiger partial charge on any atom is -0.326 e. The number of benzene rings is 1. The van der Waals surface area contributed by atoms with Gasteiger partial charge in [0.25, 0.3) is 0 Å². The van der Waals surface area contributed by atoms with Gasteiger partial charge in [-0.1, -0.05) is 44.5 Å². The van der Waals surface area contributed by atoms with Crippen LogP contribution in [0.3, 0.4) is 0 Å². The van der Waals surface area contributed by atoms with Crippen molar-refractivity contribution in [1.29, 1.82) is 0 Å². The number of rotatable bonds is 6. The van der Waals surface area contributed by atoms with E-state index < -0.39 is 0 Å². The molecule has 1 atom stereocenters. The zero-order valence-corrected chi connectivity index (χ0v) is 10.7. The average molecular weight is 220 g/mol. The molecule has 0 saturated carbocycles. The lowest BCUT2D eigenvalue weighted by atomic mass is 10.1. The van der Waals surface area contributed by atoms with E-state index in [4.69, 9.17) is 5.73 Å². The summed E-state index contributed by atoms with van der Waals surface area (Å²) < 4.78 is 0. The molecule has 2 nitrogen and oxygen atoms in total. The predicted octanol–water partition coefficient (Wildman–Crippen LogP) is 2.62. The minimum absolute atomic E-state index is 0.628. The van der Waals surface area contributed by atoms with Crippen molar-refractivity contribution in [2.75, 3.05) is 13.6 Å². The topological polar surface area (TPSA) is 29.3 Å². The van der Waals surface area contributed by atoms with Crippen LogP contribution < -0.4 is 5.73 Å². The number of hydrogen-bond donors (Lipinski definition) is 1. The van der Waals surface area contributed by atoms with E-state index >= 15 is 0 Å². The second-order valence-corrected chi connectivity index (χ2v) is 4.73. The van der Waals surface area contributed by atoms with Gasteiger partial charge in [-0.05, 0) is 24.1 Å². The van der Waals surface area contributed by atoms with E-state index in [0.29, 0.717) is 6.54 Å². The van der Waals surface area contributed by atoms with Crippen LogP contribution in [0.4, 0.5) is 0 Å². The Bertz CT molecular complexity index is 309. The van der Waals surface area contributed by atoms with Gasteiger partial charge in [0.05, 0.1) is 0 Å². The fraction of sp³-hybridized carbons (Fsp3) is 0.571. The molecule has 0 aliphatic heterocycles. The van der Waals surface area contributed by atoms with Crippen LogP contribution in [0.5, 0.6) is 0 Å². The Hall–Kier alpha value is -0.860. The maximum Gasteiger partial charge on any atom is 0.0230 e. The molecular weight excluding hydrogens is 196 g/mol. The molecule has 2 N–H and O–H groups in total. The summed E-state index contributed by atoms with van der Waals surface area (Å²) >= 11 is 0. The Morgan fingerprint density at radius 1 is 1.31 bits per heavy atom. The first-order chi connectivity index (χ1) is 7.65. The molecule has 0 heterocycles. The van der Waals surface area contributed by atoms with Crippen LogP contribution in [-0.4, -0.2) is 18.5 Å². The molecule has 0 saturated heterocycles. The summed E-state index contributed by atoms with van der Waals surface area (Å²) in [5, 5.41) is 0. The molecular formula is C14H24N2. The SMILES string of the molecule is CCC(C)CN(C)Cc1cccc(CN)c1. The molecule has 1 aromatic carbocycles. The first-order valence-corrected chi connectivity index (χ1v) is 6.12. The second kappa shape index (κ2) is 6.66. The molecule has 0 aliphatic carbocycles. The van der Waals surface area contributed by atoms with Gasteiger partial charge in [0.15, 0.2) is 0 Å². The highest BCUT2D eigenvalue weighted by atomic mass is 15.1. The molecule has 1 aromatic rings. The van der Waals surface area contributed by atoms with E-state index in [2.05, 4.69) is 50.1 Å². The van der Waals surface area contributed by atoms with Gasteiger partial charge in [0, 0.05) is 19.6 Å². The van der Waals surface area contributed by atoms with Crippen molar-refractivity contribution in [2.45, 2.75) is 33.4 Å². The molecule has 0 fully saturated rings. The van der Waals surface area contributed by atoms with Crippen molar-refractivity contribution in [1.82, 2.24) is 4.90 Å². The average Bonchev–Trinajstić information content (AvgIpc) is 2.28.